The number of halogens is 1. The lowest BCUT2D eigenvalue weighted by molar-refractivity contribution is -0.138. The zero-order valence-corrected chi connectivity index (χ0v) is 13.1. The third-order valence-electron chi connectivity index (χ3n) is 2.96. The van der Waals surface area contributed by atoms with Crippen LogP contribution in [-0.4, -0.2) is 30.2 Å². The molecule has 1 unspecified atom stereocenters. The van der Waals surface area contributed by atoms with Crippen molar-refractivity contribution in [2.45, 2.75) is 19.8 Å². The number of carboxylic acid groups (broad SMARTS) is 1. The van der Waals surface area contributed by atoms with E-state index in [1.54, 1.807) is 19.1 Å². The molecule has 7 heteroatoms. The number of rotatable bonds is 5. The molecule has 0 radical (unpaired) electrons. The van der Waals surface area contributed by atoms with E-state index in [0.29, 0.717) is 34.9 Å². The van der Waals surface area contributed by atoms with Gasteiger partial charge in [-0.1, -0.05) is 6.92 Å². The molecule has 1 atom stereocenters. The minimum Gasteiger partial charge on any atom is -0.486 e. The fourth-order valence-electron chi connectivity index (χ4n) is 2.05. The molecule has 0 saturated carbocycles. The average Bonchev–Trinajstić information content (AvgIpc) is 2.38. The highest BCUT2D eigenvalue weighted by molar-refractivity contribution is 9.10. The summed E-state index contributed by atoms with van der Waals surface area (Å²) >= 11 is 3.37. The van der Waals surface area contributed by atoms with Crippen LogP contribution in [0.3, 0.4) is 0 Å². The number of ether oxygens (including phenoxy) is 2. The van der Waals surface area contributed by atoms with Gasteiger partial charge in [0.2, 0.25) is 5.91 Å². The molecule has 0 aliphatic carbocycles. The fourth-order valence-corrected chi connectivity index (χ4v) is 2.47. The molecule has 0 aromatic heterocycles. The Morgan fingerprint density at radius 3 is 2.52 bits per heavy atom. The van der Waals surface area contributed by atoms with Gasteiger partial charge in [-0.3, -0.25) is 9.59 Å². The maximum atomic E-state index is 11.9. The van der Waals surface area contributed by atoms with Crippen molar-refractivity contribution in [2.24, 2.45) is 5.92 Å². The zero-order chi connectivity index (χ0) is 15.4. The number of benzene rings is 1. The second kappa shape index (κ2) is 6.80. The van der Waals surface area contributed by atoms with Gasteiger partial charge in [0, 0.05) is 29.4 Å². The Morgan fingerprint density at radius 2 is 1.90 bits per heavy atom. The number of fused-ring (bicyclic) bond motifs is 1. The van der Waals surface area contributed by atoms with Crippen molar-refractivity contribution in [3.8, 4) is 11.5 Å². The molecule has 6 nitrogen and oxygen atoms in total. The maximum Gasteiger partial charge on any atom is 0.303 e. The fraction of sp³-hybridized carbons (Fsp3) is 0.429. The Balaban J connectivity index is 2.02. The van der Waals surface area contributed by atoms with Crippen molar-refractivity contribution in [1.82, 2.24) is 0 Å². The largest absolute Gasteiger partial charge is 0.486 e. The lowest BCUT2D eigenvalue weighted by atomic mass is 10.0. The Morgan fingerprint density at radius 1 is 1.29 bits per heavy atom. The summed E-state index contributed by atoms with van der Waals surface area (Å²) in [6.45, 7) is 2.70. The number of amides is 1. The first-order valence-corrected chi connectivity index (χ1v) is 7.36. The van der Waals surface area contributed by atoms with Gasteiger partial charge in [0.25, 0.3) is 0 Å². The summed E-state index contributed by atoms with van der Waals surface area (Å²) in [5.74, 6) is -0.154. The predicted octanol–water partition coefficient (Wildman–Crippen LogP) is 2.66. The van der Waals surface area contributed by atoms with Crippen LogP contribution in [0.4, 0.5) is 5.69 Å². The highest BCUT2D eigenvalue weighted by Gasteiger charge is 2.17. The summed E-state index contributed by atoms with van der Waals surface area (Å²) in [6.07, 6.45) is 0.114. The van der Waals surface area contributed by atoms with Crippen molar-refractivity contribution >= 4 is 33.5 Å². The van der Waals surface area contributed by atoms with Crippen LogP contribution in [-0.2, 0) is 9.59 Å². The molecule has 0 saturated heterocycles. The Hall–Kier alpha value is -1.76. The second-order valence-corrected chi connectivity index (χ2v) is 5.79. The number of carboxylic acids is 1. The monoisotopic (exact) mass is 357 g/mol. The molecule has 0 bridgehead atoms. The molecule has 1 aliphatic rings. The normalized spacial score (nSPS) is 14.4. The zero-order valence-electron chi connectivity index (χ0n) is 11.5. The minimum atomic E-state index is -0.907. The van der Waals surface area contributed by atoms with E-state index in [1.165, 1.54) is 0 Å². The molecule has 0 spiro atoms. The molecule has 1 aromatic carbocycles. The SMILES string of the molecule is CC(CC(=O)O)CC(=O)Nc1cc2c(cc1Br)OCCO2. The number of hydrogen-bond acceptors (Lipinski definition) is 4. The van der Waals surface area contributed by atoms with Gasteiger partial charge in [-0.15, -0.1) is 0 Å². The van der Waals surface area contributed by atoms with Crippen LogP contribution in [0, 0.1) is 5.92 Å². The molecule has 1 heterocycles. The first-order valence-electron chi connectivity index (χ1n) is 6.56. The van der Waals surface area contributed by atoms with Crippen molar-refractivity contribution in [3.05, 3.63) is 16.6 Å². The lowest BCUT2D eigenvalue weighted by Gasteiger charge is -2.20. The van der Waals surface area contributed by atoms with E-state index in [0.717, 1.165) is 0 Å². The van der Waals surface area contributed by atoms with Crippen LogP contribution in [0.5, 0.6) is 11.5 Å². The average molecular weight is 358 g/mol. The van der Waals surface area contributed by atoms with Crippen LogP contribution >= 0.6 is 15.9 Å². The van der Waals surface area contributed by atoms with Crippen molar-refractivity contribution in [2.75, 3.05) is 18.5 Å². The van der Waals surface area contributed by atoms with Gasteiger partial charge in [0.15, 0.2) is 11.5 Å². The predicted molar refractivity (Wildman–Crippen MR) is 79.8 cm³/mol. The lowest BCUT2D eigenvalue weighted by Crippen LogP contribution is -2.18. The minimum absolute atomic E-state index is 0.0320. The Labute approximate surface area is 130 Å². The van der Waals surface area contributed by atoms with E-state index >= 15 is 0 Å². The number of anilines is 1. The molecule has 2 rings (SSSR count). The standard InChI is InChI=1S/C14H16BrNO5/c1-8(5-14(18)19)4-13(17)16-10-7-12-11(6-9(10)15)20-2-3-21-12/h6-8H,2-5H2,1H3,(H,16,17)(H,18,19). The second-order valence-electron chi connectivity index (χ2n) is 4.93. The van der Waals surface area contributed by atoms with Gasteiger partial charge < -0.3 is 19.9 Å². The third kappa shape index (κ3) is 4.35. The molecular weight excluding hydrogens is 342 g/mol. The van der Waals surface area contributed by atoms with Gasteiger partial charge in [0.1, 0.15) is 13.2 Å². The summed E-state index contributed by atoms with van der Waals surface area (Å²) in [5.41, 5.74) is 0.576. The van der Waals surface area contributed by atoms with Crippen LogP contribution < -0.4 is 14.8 Å². The number of carbonyl (C=O) groups excluding carboxylic acids is 1. The summed E-state index contributed by atoms with van der Waals surface area (Å²) in [6, 6.07) is 3.43. The van der Waals surface area contributed by atoms with Crippen LogP contribution in [0.2, 0.25) is 0 Å². The van der Waals surface area contributed by atoms with Gasteiger partial charge in [-0.25, -0.2) is 0 Å². The van der Waals surface area contributed by atoms with Gasteiger partial charge in [-0.05, 0) is 21.8 Å². The summed E-state index contributed by atoms with van der Waals surface area (Å²) in [5, 5.41) is 11.4. The Kier molecular flexibility index (Phi) is 5.06. The molecule has 0 fully saturated rings. The summed E-state index contributed by atoms with van der Waals surface area (Å²) in [7, 11) is 0. The van der Waals surface area contributed by atoms with E-state index in [-0.39, 0.29) is 24.7 Å². The number of hydrogen-bond donors (Lipinski definition) is 2. The van der Waals surface area contributed by atoms with Crippen LogP contribution in [0.1, 0.15) is 19.8 Å². The molecular formula is C14H16BrNO5. The number of nitrogens with one attached hydrogen (secondary N) is 1. The molecule has 1 aromatic rings. The number of aliphatic carboxylic acids is 1. The van der Waals surface area contributed by atoms with E-state index in [1.807, 2.05) is 0 Å². The van der Waals surface area contributed by atoms with Crippen LogP contribution in [0.25, 0.3) is 0 Å². The summed E-state index contributed by atoms with van der Waals surface area (Å²) in [4.78, 5) is 22.5. The molecule has 1 amide bonds. The smallest absolute Gasteiger partial charge is 0.303 e. The van der Waals surface area contributed by atoms with E-state index in [9.17, 15) is 9.59 Å². The molecule has 21 heavy (non-hydrogen) atoms. The van der Waals surface area contributed by atoms with Gasteiger partial charge in [-0.2, -0.15) is 0 Å². The molecule has 1 aliphatic heterocycles. The summed E-state index contributed by atoms with van der Waals surface area (Å²) < 4.78 is 11.6. The third-order valence-corrected chi connectivity index (χ3v) is 3.62. The maximum absolute atomic E-state index is 11.9. The van der Waals surface area contributed by atoms with E-state index in [2.05, 4.69) is 21.2 Å². The first-order chi connectivity index (χ1) is 9.95. The highest BCUT2D eigenvalue weighted by Crippen LogP contribution is 2.38. The van der Waals surface area contributed by atoms with E-state index in [4.69, 9.17) is 14.6 Å². The van der Waals surface area contributed by atoms with Crippen molar-refractivity contribution < 1.29 is 24.2 Å². The quantitative estimate of drug-likeness (QED) is 0.845. The first kappa shape index (κ1) is 15.6. The number of carbonyl (C=O) groups is 2. The van der Waals surface area contributed by atoms with Crippen LogP contribution in [0.15, 0.2) is 16.6 Å². The van der Waals surface area contributed by atoms with Gasteiger partial charge in [0.05, 0.1) is 5.69 Å². The Bertz CT molecular complexity index is 561. The van der Waals surface area contributed by atoms with Crippen molar-refractivity contribution in [1.29, 1.82) is 0 Å². The highest BCUT2D eigenvalue weighted by atomic mass is 79.9. The van der Waals surface area contributed by atoms with E-state index < -0.39 is 5.97 Å². The van der Waals surface area contributed by atoms with Gasteiger partial charge >= 0.3 is 5.97 Å². The molecule has 114 valence electrons. The topological polar surface area (TPSA) is 84.9 Å². The molecule has 2 N–H and O–H groups in total. The van der Waals surface area contributed by atoms with Crippen molar-refractivity contribution in [3.63, 3.8) is 0 Å².